The number of amides is 1. The molecule has 1 N–H and O–H groups in total. The van der Waals surface area contributed by atoms with Gasteiger partial charge in [-0.2, -0.15) is 0 Å². The van der Waals surface area contributed by atoms with E-state index >= 15 is 0 Å². The lowest BCUT2D eigenvalue weighted by molar-refractivity contribution is -0.129. The van der Waals surface area contributed by atoms with Crippen molar-refractivity contribution in [3.8, 4) is 9.88 Å². The third kappa shape index (κ3) is 5.05. The summed E-state index contributed by atoms with van der Waals surface area (Å²) in [5, 5.41) is 7.27. The first-order chi connectivity index (χ1) is 13.6. The number of nitrogens with zero attached hydrogens (tertiary/aromatic N) is 1. The molecule has 1 aromatic carbocycles. The standard InChI is InChI=1S/C21H22N2O3S2/c1-3-15(16-8-5-4-6-9-16)12-22-19(24)14(2)26-21(25)17-13-28-20(23-17)18-10-7-11-27-18/h4-11,13-15H,3,12H2,1-2H3,(H,22,24)/t14-,15-/m0/s1. The highest BCUT2D eigenvalue weighted by Gasteiger charge is 2.22. The predicted molar refractivity (Wildman–Crippen MR) is 113 cm³/mol. The monoisotopic (exact) mass is 414 g/mol. The fraction of sp³-hybridized carbons (Fsp3) is 0.286. The van der Waals surface area contributed by atoms with Crippen LogP contribution < -0.4 is 5.32 Å². The van der Waals surface area contributed by atoms with Gasteiger partial charge in [0.05, 0.1) is 4.88 Å². The Balaban J connectivity index is 1.53. The van der Waals surface area contributed by atoms with Crippen LogP contribution in [0, 0.1) is 0 Å². The number of benzene rings is 1. The van der Waals surface area contributed by atoms with Gasteiger partial charge >= 0.3 is 5.97 Å². The summed E-state index contributed by atoms with van der Waals surface area (Å²) in [6.07, 6.45) is 0.0237. The second kappa shape index (κ2) is 9.61. The van der Waals surface area contributed by atoms with E-state index in [1.54, 1.807) is 23.6 Å². The number of aromatic nitrogens is 1. The van der Waals surface area contributed by atoms with Crippen molar-refractivity contribution in [2.75, 3.05) is 6.54 Å². The summed E-state index contributed by atoms with van der Waals surface area (Å²) in [7, 11) is 0. The first kappa shape index (κ1) is 20.2. The highest BCUT2D eigenvalue weighted by Crippen LogP contribution is 2.28. The molecule has 0 saturated carbocycles. The minimum absolute atomic E-state index is 0.222. The van der Waals surface area contributed by atoms with E-state index in [0.717, 1.165) is 16.3 Å². The molecule has 0 aliphatic carbocycles. The van der Waals surface area contributed by atoms with Gasteiger partial charge in [-0.25, -0.2) is 9.78 Å². The Hall–Kier alpha value is -2.51. The molecule has 5 nitrogen and oxygen atoms in total. The van der Waals surface area contributed by atoms with E-state index in [-0.39, 0.29) is 17.5 Å². The zero-order valence-corrected chi connectivity index (χ0v) is 17.4. The average molecular weight is 415 g/mol. The summed E-state index contributed by atoms with van der Waals surface area (Å²) >= 11 is 2.94. The smallest absolute Gasteiger partial charge is 0.358 e. The molecule has 1 amide bonds. The molecule has 2 heterocycles. The van der Waals surface area contributed by atoms with Gasteiger partial charge in [0.15, 0.2) is 11.8 Å². The molecule has 0 aliphatic heterocycles. The number of nitrogens with one attached hydrogen (secondary N) is 1. The lowest BCUT2D eigenvalue weighted by Gasteiger charge is -2.18. The first-order valence-electron chi connectivity index (χ1n) is 9.11. The van der Waals surface area contributed by atoms with Crippen LogP contribution >= 0.6 is 22.7 Å². The molecule has 0 unspecified atom stereocenters. The van der Waals surface area contributed by atoms with Gasteiger partial charge < -0.3 is 10.1 Å². The largest absolute Gasteiger partial charge is 0.448 e. The molecule has 0 fully saturated rings. The quantitative estimate of drug-likeness (QED) is 0.541. The van der Waals surface area contributed by atoms with E-state index in [4.69, 9.17) is 4.74 Å². The van der Waals surface area contributed by atoms with E-state index in [2.05, 4.69) is 29.4 Å². The summed E-state index contributed by atoms with van der Waals surface area (Å²) in [5.74, 6) is -0.673. The normalized spacial score (nSPS) is 12.9. The van der Waals surface area contributed by atoms with Gasteiger partial charge in [0.25, 0.3) is 5.91 Å². The van der Waals surface area contributed by atoms with Crippen molar-refractivity contribution in [3.05, 3.63) is 64.5 Å². The molecule has 0 aliphatic rings. The number of carbonyl (C=O) groups is 2. The van der Waals surface area contributed by atoms with Crippen LogP contribution in [0.1, 0.15) is 42.2 Å². The summed E-state index contributed by atoms with van der Waals surface area (Å²) in [4.78, 5) is 30.0. The average Bonchev–Trinajstić information content (AvgIpc) is 3.40. The molecule has 146 valence electrons. The number of rotatable bonds is 8. The second-order valence-electron chi connectivity index (χ2n) is 6.32. The third-order valence-corrected chi connectivity index (χ3v) is 6.27. The maximum atomic E-state index is 12.3. The Morgan fingerprint density at radius 2 is 1.93 bits per heavy atom. The molecule has 2 aromatic heterocycles. The Kier molecular flexibility index (Phi) is 6.95. The van der Waals surface area contributed by atoms with Gasteiger partial charge in [0.2, 0.25) is 0 Å². The molecule has 28 heavy (non-hydrogen) atoms. The van der Waals surface area contributed by atoms with Gasteiger partial charge in [0, 0.05) is 17.8 Å². The van der Waals surface area contributed by atoms with Crippen molar-refractivity contribution in [1.29, 1.82) is 0 Å². The number of esters is 1. The zero-order valence-electron chi connectivity index (χ0n) is 15.8. The zero-order chi connectivity index (χ0) is 19.9. The van der Waals surface area contributed by atoms with Crippen molar-refractivity contribution < 1.29 is 14.3 Å². The molecule has 0 radical (unpaired) electrons. The van der Waals surface area contributed by atoms with Gasteiger partial charge in [-0.1, -0.05) is 43.3 Å². The Morgan fingerprint density at radius 1 is 1.14 bits per heavy atom. The number of thiophene rings is 1. The van der Waals surface area contributed by atoms with Crippen LogP contribution in [0.4, 0.5) is 0 Å². The molecule has 2 atom stereocenters. The predicted octanol–water partition coefficient (Wildman–Crippen LogP) is 4.73. The molecule has 0 bridgehead atoms. The third-order valence-electron chi connectivity index (χ3n) is 4.38. The minimum atomic E-state index is -0.882. The number of hydrogen-bond acceptors (Lipinski definition) is 6. The van der Waals surface area contributed by atoms with E-state index in [1.807, 2.05) is 35.7 Å². The first-order valence-corrected chi connectivity index (χ1v) is 10.9. The lowest BCUT2D eigenvalue weighted by atomic mass is 9.96. The summed E-state index contributed by atoms with van der Waals surface area (Å²) in [5.41, 5.74) is 1.40. The highest BCUT2D eigenvalue weighted by molar-refractivity contribution is 7.20. The van der Waals surface area contributed by atoms with Crippen LogP contribution in [0.15, 0.2) is 53.2 Å². The van der Waals surface area contributed by atoms with Crippen molar-refractivity contribution >= 4 is 34.6 Å². The van der Waals surface area contributed by atoms with E-state index in [1.165, 1.54) is 16.9 Å². The van der Waals surface area contributed by atoms with E-state index in [9.17, 15) is 9.59 Å². The van der Waals surface area contributed by atoms with Crippen LogP contribution in [0.2, 0.25) is 0 Å². The maximum Gasteiger partial charge on any atom is 0.358 e. The highest BCUT2D eigenvalue weighted by atomic mass is 32.1. The van der Waals surface area contributed by atoms with Crippen molar-refractivity contribution in [1.82, 2.24) is 10.3 Å². The summed E-state index contributed by atoms with van der Waals surface area (Å²) in [6, 6.07) is 13.9. The number of hydrogen-bond donors (Lipinski definition) is 1. The SMILES string of the molecule is CC[C@@H](CNC(=O)[C@H](C)OC(=O)c1csc(-c2cccs2)n1)c1ccccc1. The summed E-state index contributed by atoms with van der Waals surface area (Å²) < 4.78 is 5.30. The van der Waals surface area contributed by atoms with E-state index in [0.29, 0.717) is 6.54 Å². The maximum absolute atomic E-state index is 12.3. The van der Waals surface area contributed by atoms with Crippen LogP contribution in [0.25, 0.3) is 9.88 Å². The van der Waals surface area contributed by atoms with Gasteiger partial charge in [-0.15, -0.1) is 22.7 Å². The Bertz CT molecular complexity index is 907. The number of carbonyl (C=O) groups excluding carboxylic acids is 2. The molecule has 3 rings (SSSR count). The van der Waals surface area contributed by atoms with Crippen LogP contribution in [0.3, 0.4) is 0 Å². The molecule has 3 aromatic rings. The van der Waals surface area contributed by atoms with Crippen LogP contribution in [-0.4, -0.2) is 29.5 Å². The molecular weight excluding hydrogens is 392 g/mol. The molecule has 7 heteroatoms. The summed E-state index contributed by atoms with van der Waals surface area (Å²) in [6.45, 7) is 4.16. The van der Waals surface area contributed by atoms with Crippen molar-refractivity contribution in [3.63, 3.8) is 0 Å². The van der Waals surface area contributed by atoms with Crippen molar-refractivity contribution in [2.24, 2.45) is 0 Å². The van der Waals surface area contributed by atoms with Gasteiger partial charge in [-0.05, 0) is 30.4 Å². The van der Waals surface area contributed by atoms with Crippen LogP contribution in [-0.2, 0) is 9.53 Å². The van der Waals surface area contributed by atoms with Gasteiger partial charge in [-0.3, -0.25) is 4.79 Å². The fourth-order valence-corrected chi connectivity index (χ4v) is 4.35. The molecular formula is C21H22N2O3S2. The minimum Gasteiger partial charge on any atom is -0.448 e. The van der Waals surface area contributed by atoms with Crippen molar-refractivity contribution in [2.45, 2.75) is 32.3 Å². The van der Waals surface area contributed by atoms with E-state index < -0.39 is 12.1 Å². The Morgan fingerprint density at radius 3 is 2.61 bits per heavy atom. The lowest BCUT2D eigenvalue weighted by Crippen LogP contribution is -2.38. The molecule has 0 saturated heterocycles. The van der Waals surface area contributed by atoms with Crippen LogP contribution in [0.5, 0.6) is 0 Å². The number of thiazole rings is 1. The topological polar surface area (TPSA) is 68.3 Å². The molecule has 0 spiro atoms. The van der Waals surface area contributed by atoms with Gasteiger partial charge in [0.1, 0.15) is 5.01 Å². The Labute approximate surface area is 172 Å². The number of ether oxygens (including phenoxy) is 1. The fourth-order valence-electron chi connectivity index (χ4n) is 2.75. The second-order valence-corrected chi connectivity index (χ2v) is 8.13.